The Morgan fingerprint density at radius 3 is 2.94 bits per heavy atom. The van der Waals surface area contributed by atoms with Gasteiger partial charge in [0.1, 0.15) is 0 Å². The molecule has 2 rings (SSSR count). The highest BCUT2D eigenvalue weighted by Crippen LogP contribution is 2.21. The number of nitrogens with two attached hydrogens (primary N) is 1. The second-order valence-electron chi connectivity index (χ2n) is 3.80. The van der Waals surface area contributed by atoms with Crippen molar-refractivity contribution in [3.63, 3.8) is 0 Å². The largest absolute Gasteiger partial charge is 0.472 e. The second-order valence-corrected chi connectivity index (χ2v) is 4.83. The fourth-order valence-corrected chi connectivity index (χ4v) is 2.56. The quantitative estimate of drug-likeness (QED) is 0.867. The minimum Gasteiger partial charge on any atom is -0.472 e. The standard InChI is InChI=1S/C12H16N2OS/c1-14(8-11-3-2-6-16-11)12(7-13)10-4-5-15-9-10/h2-6,9,12H,7-8,13H2,1H3. The van der Waals surface area contributed by atoms with Crippen LogP contribution in [0.5, 0.6) is 0 Å². The SMILES string of the molecule is CN(Cc1cccs1)C(CN)c1ccoc1. The van der Waals surface area contributed by atoms with E-state index >= 15 is 0 Å². The lowest BCUT2D eigenvalue weighted by Crippen LogP contribution is -2.29. The van der Waals surface area contributed by atoms with Crippen molar-refractivity contribution >= 4 is 11.3 Å². The minimum absolute atomic E-state index is 0.223. The highest BCUT2D eigenvalue weighted by atomic mass is 32.1. The Morgan fingerprint density at radius 1 is 1.50 bits per heavy atom. The summed E-state index contributed by atoms with van der Waals surface area (Å²) in [5, 5.41) is 2.10. The third-order valence-electron chi connectivity index (χ3n) is 2.67. The first kappa shape index (κ1) is 11.4. The Labute approximate surface area is 99.5 Å². The maximum atomic E-state index is 5.81. The number of thiophene rings is 1. The average Bonchev–Trinajstić information content (AvgIpc) is 2.91. The monoisotopic (exact) mass is 236 g/mol. The van der Waals surface area contributed by atoms with Gasteiger partial charge in [-0.3, -0.25) is 4.90 Å². The molecule has 0 aliphatic heterocycles. The Kier molecular flexibility index (Phi) is 3.77. The molecule has 0 saturated carbocycles. The fraction of sp³-hybridized carbons (Fsp3) is 0.333. The molecule has 2 aromatic rings. The molecule has 0 bridgehead atoms. The van der Waals surface area contributed by atoms with Gasteiger partial charge in [-0.2, -0.15) is 0 Å². The summed E-state index contributed by atoms with van der Waals surface area (Å²) in [4.78, 5) is 3.60. The van der Waals surface area contributed by atoms with E-state index in [4.69, 9.17) is 10.2 Å². The number of furan rings is 1. The summed E-state index contributed by atoms with van der Waals surface area (Å²) < 4.78 is 5.10. The van der Waals surface area contributed by atoms with Crippen LogP contribution in [0.1, 0.15) is 16.5 Å². The van der Waals surface area contributed by atoms with E-state index < -0.39 is 0 Å². The zero-order valence-electron chi connectivity index (χ0n) is 9.30. The van der Waals surface area contributed by atoms with Crippen LogP contribution in [0.15, 0.2) is 40.5 Å². The summed E-state index contributed by atoms with van der Waals surface area (Å²) in [5.41, 5.74) is 6.95. The van der Waals surface area contributed by atoms with E-state index in [1.165, 1.54) is 4.88 Å². The molecule has 0 radical (unpaired) electrons. The number of hydrogen-bond acceptors (Lipinski definition) is 4. The molecular formula is C12H16N2OS. The maximum absolute atomic E-state index is 5.81. The van der Waals surface area contributed by atoms with E-state index in [-0.39, 0.29) is 6.04 Å². The molecule has 4 heteroatoms. The summed E-state index contributed by atoms with van der Waals surface area (Å²) in [5.74, 6) is 0. The molecule has 0 fully saturated rings. The lowest BCUT2D eigenvalue weighted by Gasteiger charge is -2.25. The van der Waals surface area contributed by atoms with Crippen molar-refractivity contribution in [2.24, 2.45) is 5.73 Å². The lowest BCUT2D eigenvalue weighted by molar-refractivity contribution is 0.243. The number of nitrogens with zero attached hydrogens (tertiary/aromatic N) is 1. The van der Waals surface area contributed by atoms with Crippen LogP contribution < -0.4 is 5.73 Å². The highest BCUT2D eigenvalue weighted by Gasteiger charge is 2.16. The third-order valence-corrected chi connectivity index (χ3v) is 3.53. The molecular weight excluding hydrogens is 220 g/mol. The van der Waals surface area contributed by atoms with Crippen LogP contribution in [0, 0.1) is 0 Å². The van der Waals surface area contributed by atoms with Gasteiger partial charge in [-0.15, -0.1) is 11.3 Å². The normalized spacial score (nSPS) is 13.2. The Morgan fingerprint density at radius 2 is 2.38 bits per heavy atom. The van der Waals surface area contributed by atoms with Gasteiger partial charge in [-0.25, -0.2) is 0 Å². The van der Waals surface area contributed by atoms with Crippen LogP contribution >= 0.6 is 11.3 Å². The van der Waals surface area contributed by atoms with Gasteiger partial charge >= 0.3 is 0 Å². The molecule has 1 unspecified atom stereocenters. The summed E-state index contributed by atoms with van der Waals surface area (Å²) >= 11 is 1.77. The van der Waals surface area contributed by atoms with Crippen molar-refractivity contribution < 1.29 is 4.42 Å². The predicted molar refractivity (Wildman–Crippen MR) is 66.3 cm³/mol. The van der Waals surface area contributed by atoms with Crippen molar-refractivity contribution in [3.8, 4) is 0 Å². The molecule has 86 valence electrons. The highest BCUT2D eigenvalue weighted by molar-refractivity contribution is 7.09. The fourth-order valence-electron chi connectivity index (χ4n) is 1.79. The first-order valence-corrected chi connectivity index (χ1v) is 6.14. The predicted octanol–water partition coefficient (Wildman–Crippen LogP) is 2.47. The van der Waals surface area contributed by atoms with Crippen molar-refractivity contribution in [2.75, 3.05) is 13.6 Å². The minimum atomic E-state index is 0.223. The maximum Gasteiger partial charge on any atom is 0.0950 e. The van der Waals surface area contributed by atoms with Crippen LogP contribution in [0.3, 0.4) is 0 Å². The van der Waals surface area contributed by atoms with Crippen LogP contribution in [-0.4, -0.2) is 18.5 Å². The molecule has 16 heavy (non-hydrogen) atoms. The molecule has 1 atom stereocenters. The molecule has 2 aromatic heterocycles. The van der Waals surface area contributed by atoms with Gasteiger partial charge in [0.25, 0.3) is 0 Å². The van der Waals surface area contributed by atoms with Gasteiger partial charge in [-0.1, -0.05) is 6.07 Å². The third kappa shape index (κ3) is 2.52. The van der Waals surface area contributed by atoms with E-state index in [0.29, 0.717) is 6.54 Å². The summed E-state index contributed by atoms with van der Waals surface area (Å²) in [6.45, 7) is 1.52. The topological polar surface area (TPSA) is 42.4 Å². The van der Waals surface area contributed by atoms with Crippen molar-refractivity contribution in [1.82, 2.24) is 4.90 Å². The zero-order valence-corrected chi connectivity index (χ0v) is 10.1. The summed E-state index contributed by atoms with van der Waals surface area (Å²) in [7, 11) is 2.09. The number of likely N-dealkylation sites (N-methyl/N-ethyl adjacent to an activating group) is 1. The van der Waals surface area contributed by atoms with Gasteiger partial charge in [-0.05, 0) is 24.6 Å². The van der Waals surface area contributed by atoms with Gasteiger partial charge in [0.15, 0.2) is 0 Å². The van der Waals surface area contributed by atoms with Gasteiger partial charge in [0, 0.05) is 23.5 Å². The van der Waals surface area contributed by atoms with Crippen molar-refractivity contribution in [2.45, 2.75) is 12.6 Å². The zero-order chi connectivity index (χ0) is 11.4. The number of rotatable bonds is 5. The van der Waals surface area contributed by atoms with Crippen molar-refractivity contribution in [1.29, 1.82) is 0 Å². The van der Waals surface area contributed by atoms with E-state index in [9.17, 15) is 0 Å². The number of hydrogen-bond donors (Lipinski definition) is 1. The molecule has 2 N–H and O–H groups in total. The first-order chi connectivity index (χ1) is 7.81. The van der Waals surface area contributed by atoms with E-state index in [0.717, 1.165) is 12.1 Å². The lowest BCUT2D eigenvalue weighted by atomic mass is 10.1. The Hall–Kier alpha value is -1.10. The summed E-state index contributed by atoms with van der Waals surface area (Å²) in [6.07, 6.45) is 3.46. The Bertz CT molecular complexity index is 397. The molecule has 2 heterocycles. The van der Waals surface area contributed by atoms with Gasteiger partial charge in [0.05, 0.1) is 18.6 Å². The molecule has 0 aliphatic carbocycles. The van der Waals surface area contributed by atoms with Crippen LogP contribution in [0.4, 0.5) is 0 Å². The van der Waals surface area contributed by atoms with Crippen LogP contribution in [-0.2, 0) is 6.54 Å². The molecule has 0 aliphatic rings. The smallest absolute Gasteiger partial charge is 0.0950 e. The summed E-state index contributed by atoms with van der Waals surface area (Å²) in [6, 6.07) is 6.41. The van der Waals surface area contributed by atoms with Gasteiger partial charge < -0.3 is 10.2 Å². The first-order valence-electron chi connectivity index (χ1n) is 5.26. The molecule has 0 amide bonds. The van der Waals surface area contributed by atoms with Crippen LogP contribution in [0.2, 0.25) is 0 Å². The van der Waals surface area contributed by atoms with Crippen molar-refractivity contribution in [3.05, 3.63) is 46.5 Å². The van der Waals surface area contributed by atoms with E-state index in [2.05, 4.69) is 29.5 Å². The molecule has 0 aromatic carbocycles. The van der Waals surface area contributed by atoms with Gasteiger partial charge in [0.2, 0.25) is 0 Å². The Balaban J connectivity index is 2.04. The molecule has 0 spiro atoms. The second kappa shape index (κ2) is 5.30. The van der Waals surface area contributed by atoms with E-state index in [1.54, 1.807) is 23.9 Å². The average molecular weight is 236 g/mol. The molecule has 3 nitrogen and oxygen atoms in total. The van der Waals surface area contributed by atoms with Crippen LogP contribution in [0.25, 0.3) is 0 Å². The van der Waals surface area contributed by atoms with E-state index in [1.807, 2.05) is 6.07 Å². The molecule has 0 saturated heterocycles.